The molecule has 0 N–H and O–H groups in total. The monoisotopic (exact) mass is 190 g/mol. The molecule has 1 rings (SSSR count). The van der Waals surface area contributed by atoms with Crippen molar-refractivity contribution in [3.63, 3.8) is 0 Å². The molecule has 0 spiro atoms. The van der Waals surface area contributed by atoms with Crippen molar-refractivity contribution in [3.8, 4) is 11.8 Å². The molecule has 0 amide bonds. The fraction of sp³-hybridized carbons (Fsp3) is 0.333. The van der Waals surface area contributed by atoms with Gasteiger partial charge in [0.25, 0.3) is 0 Å². The van der Waals surface area contributed by atoms with Gasteiger partial charge < -0.3 is 0 Å². The Morgan fingerprint density at radius 2 is 2.08 bits per heavy atom. The molecule has 0 bridgehead atoms. The van der Waals surface area contributed by atoms with Gasteiger partial charge in [-0.25, -0.2) is 0 Å². The molecule has 0 radical (unpaired) electrons. The third-order valence-electron chi connectivity index (χ3n) is 1.86. The maximum absolute atomic E-state index is 4.11. The lowest BCUT2D eigenvalue weighted by Crippen LogP contribution is -1.85. The Kier molecular flexibility index (Phi) is 4.49. The first kappa shape index (κ1) is 10.2. The van der Waals surface area contributed by atoms with Crippen LogP contribution in [0.15, 0.2) is 24.3 Å². The van der Waals surface area contributed by atoms with Crippen LogP contribution < -0.4 is 0 Å². The predicted octanol–water partition coefficient (Wildman–Crippen LogP) is 2.92. The van der Waals surface area contributed by atoms with Crippen LogP contribution in [0.3, 0.4) is 0 Å². The summed E-state index contributed by atoms with van der Waals surface area (Å²) in [6, 6.07) is 8.29. The molecular weight excluding hydrogens is 176 g/mol. The minimum Gasteiger partial charge on any atom is -0.178 e. The van der Waals surface area contributed by atoms with Crippen molar-refractivity contribution in [3.05, 3.63) is 35.4 Å². The van der Waals surface area contributed by atoms with Crippen molar-refractivity contribution in [2.75, 3.05) is 5.75 Å². The highest BCUT2D eigenvalue weighted by Gasteiger charge is 1.93. The van der Waals surface area contributed by atoms with E-state index in [-0.39, 0.29) is 0 Å². The number of rotatable bonds is 2. The third-order valence-corrected chi connectivity index (χ3v) is 2.08. The molecule has 0 nitrogen and oxygen atoms in total. The Morgan fingerprint density at radius 3 is 2.77 bits per heavy atom. The fourth-order valence-corrected chi connectivity index (χ4v) is 1.28. The summed E-state index contributed by atoms with van der Waals surface area (Å²) in [7, 11) is 0. The van der Waals surface area contributed by atoms with Crippen LogP contribution in [0.4, 0.5) is 0 Å². The topological polar surface area (TPSA) is 0 Å². The summed E-state index contributed by atoms with van der Waals surface area (Å²) in [6.07, 6.45) is 1.91. The number of hydrogen-bond acceptors (Lipinski definition) is 1. The molecule has 1 heteroatoms. The predicted molar refractivity (Wildman–Crippen MR) is 61.2 cm³/mol. The summed E-state index contributed by atoms with van der Waals surface area (Å²) < 4.78 is 0. The van der Waals surface area contributed by atoms with Gasteiger partial charge in [0.15, 0.2) is 0 Å². The highest BCUT2D eigenvalue weighted by Crippen LogP contribution is 2.07. The normalized spacial score (nSPS) is 9.08. The number of thiol groups is 1. The van der Waals surface area contributed by atoms with Gasteiger partial charge in [-0.15, -0.1) is 0 Å². The lowest BCUT2D eigenvalue weighted by molar-refractivity contribution is 1.13. The molecule has 0 atom stereocenters. The molecule has 0 aliphatic rings. The van der Waals surface area contributed by atoms with Crippen molar-refractivity contribution in [1.29, 1.82) is 0 Å². The van der Waals surface area contributed by atoms with E-state index in [1.807, 2.05) is 6.07 Å². The Balaban J connectivity index is 2.82. The molecule has 13 heavy (non-hydrogen) atoms. The van der Waals surface area contributed by atoms with E-state index in [2.05, 4.69) is 49.6 Å². The molecular formula is C12H14S. The fourth-order valence-electron chi connectivity index (χ4n) is 1.16. The van der Waals surface area contributed by atoms with E-state index in [9.17, 15) is 0 Å². The van der Waals surface area contributed by atoms with Crippen LogP contribution in [-0.4, -0.2) is 5.75 Å². The van der Waals surface area contributed by atoms with Crippen LogP contribution in [0.5, 0.6) is 0 Å². The molecule has 1 aromatic rings. The van der Waals surface area contributed by atoms with Crippen LogP contribution in [0.1, 0.15) is 24.5 Å². The zero-order valence-electron chi connectivity index (χ0n) is 7.88. The van der Waals surface area contributed by atoms with Crippen molar-refractivity contribution >= 4 is 12.6 Å². The van der Waals surface area contributed by atoms with E-state index in [0.717, 1.165) is 24.2 Å². The van der Waals surface area contributed by atoms with Crippen LogP contribution in [0, 0.1) is 11.8 Å². The van der Waals surface area contributed by atoms with E-state index in [0.29, 0.717) is 0 Å². The SMILES string of the molecule is CCc1ccccc1C#CCCS. The van der Waals surface area contributed by atoms with E-state index in [1.54, 1.807) is 0 Å². The molecule has 1 aromatic carbocycles. The summed E-state index contributed by atoms with van der Waals surface area (Å²) in [5, 5.41) is 0. The Hall–Kier alpha value is -0.870. The van der Waals surface area contributed by atoms with Crippen LogP contribution in [0.2, 0.25) is 0 Å². The number of benzene rings is 1. The maximum atomic E-state index is 4.11. The second-order valence-corrected chi connectivity index (χ2v) is 3.23. The van der Waals surface area contributed by atoms with Gasteiger partial charge in [-0.05, 0) is 18.1 Å². The van der Waals surface area contributed by atoms with Crippen molar-refractivity contribution in [1.82, 2.24) is 0 Å². The van der Waals surface area contributed by atoms with Gasteiger partial charge in [-0.2, -0.15) is 12.6 Å². The van der Waals surface area contributed by atoms with Gasteiger partial charge in [0, 0.05) is 17.7 Å². The first-order valence-electron chi connectivity index (χ1n) is 4.56. The Bertz CT molecular complexity index is 317. The molecule has 0 saturated heterocycles. The van der Waals surface area contributed by atoms with Crippen molar-refractivity contribution in [2.45, 2.75) is 19.8 Å². The second kappa shape index (κ2) is 5.72. The van der Waals surface area contributed by atoms with Gasteiger partial charge in [-0.3, -0.25) is 0 Å². The molecule has 0 aliphatic carbocycles. The van der Waals surface area contributed by atoms with Gasteiger partial charge in [0.05, 0.1) is 0 Å². The van der Waals surface area contributed by atoms with Crippen LogP contribution >= 0.6 is 12.6 Å². The summed E-state index contributed by atoms with van der Waals surface area (Å²) in [4.78, 5) is 0. The van der Waals surface area contributed by atoms with Gasteiger partial charge in [0.1, 0.15) is 0 Å². The maximum Gasteiger partial charge on any atom is 0.0277 e. The number of hydrogen-bond donors (Lipinski definition) is 1. The zero-order chi connectivity index (χ0) is 9.52. The summed E-state index contributed by atoms with van der Waals surface area (Å²) >= 11 is 4.11. The van der Waals surface area contributed by atoms with Gasteiger partial charge in [0.2, 0.25) is 0 Å². The molecule has 0 heterocycles. The second-order valence-electron chi connectivity index (χ2n) is 2.79. The summed E-state index contributed by atoms with van der Waals surface area (Å²) in [5.74, 6) is 7.10. The summed E-state index contributed by atoms with van der Waals surface area (Å²) in [5.41, 5.74) is 2.49. The van der Waals surface area contributed by atoms with E-state index >= 15 is 0 Å². The van der Waals surface area contributed by atoms with Gasteiger partial charge >= 0.3 is 0 Å². The summed E-state index contributed by atoms with van der Waals surface area (Å²) in [6.45, 7) is 2.15. The minimum atomic E-state index is 0.835. The lowest BCUT2D eigenvalue weighted by Gasteiger charge is -1.98. The molecule has 0 saturated carbocycles. The first-order chi connectivity index (χ1) is 6.38. The average molecular weight is 190 g/mol. The van der Waals surface area contributed by atoms with Crippen LogP contribution in [0.25, 0.3) is 0 Å². The standard InChI is InChI=1S/C12H14S/c1-2-11-7-3-4-8-12(11)9-5-6-10-13/h3-4,7-8,13H,2,6,10H2,1H3. The largest absolute Gasteiger partial charge is 0.178 e. The first-order valence-corrected chi connectivity index (χ1v) is 5.19. The van der Waals surface area contributed by atoms with Crippen molar-refractivity contribution < 1.29 is 0 Å². The highest BCUT2D eigenvalue weighted by molar-refractivity contribution is 7.80. The molecule has 0 aliphatic heterocycles. The highest BCUT2D eigenvalue weighted by atomic mass is 32.1. The van der Waals surface area contributed by atoms with E-state index < -0.39 is 0 Å². The minimum absolute atomic E-state index is 0.835. The number of aryl methyl sites for hydroxylation is 1. The average Bonchev–Trinajstić information content (AvgIpc) is 2.19. The Labute approximate surface area is 85.8 Å². The van der Waals surface area contributed by atoms with E-state index in [4.69, 9.17) is 0 Å². The quantitative estimate of drug-likeness (QED) is 0.538. The third kappa shape index (κ3) is 3.16. The molecule has 0 aromatic heterocycles. The molecule has 0 fully saturated rings. The molecule has 0 unspecified atom stereocenters. The Morgan fingerprint density at radius 1 is 1.31 bits per heavy atom. The van der Waals surface area contributed by atoms with Crippen LogP contribution in [-0.2, 0) is 6.42 Å². The van der Waals surface area contributed by atoms with Gasteiger partial charge in [-0.1, -0.05) is 37.0 Å². The molecule has 68 valence electrons. The smallest absolute Gasteiger partial charge is 0.0277 e. The zero-order valence-corrected chi connectivity index (χ0v) is 8.77. The van der Waals surface area contributed by atoms with Crippen molar-refractivity contribution in [2.24, 2.45) is 0 Å². The lowest BCUT2D eigenvalue weighted by atomic mass is 10.1. The van der Waals surface area contributed by atoms with E-state index in [1.165, 1.54) is 5.56 Å².